The summed E-state index contributed by atoms with van der Waals surface area (Å²) in [5.41, 5.74) is 2.22. The number of likely N-dealkylation sites (tertiary alicyclic amines) is 1. The Balaban J connectivity index is 1.24. The smallest absolute Gasteiger partial charge is 0.129 e. The van der Waals surface area contributed by atoms with Gasteiger partial charge in [0.15, 0.2) is 0 Å². The van der Waals surface area contributed by atoms with Crippen LogP contribution in [0.3, 0.4) is 0 Å². The molecule has 0 amide bonds. The molecule has 0 aliphatic carbocycles. The number of benzene rings is 1. The van der Waals surface area contributed by atoms with Crippen LogP contribution in [0, 0.1) is 11.2 Å². The first-order valence-electron chi connectivity index (χ1n) is 12.0. The molecule has 1 aromatic heterocycles. The number of pyridine rings is 1. The van der Waals surface area contributed by atoms with Crippen molar-refractivity contribution in [2.75, 3.05) is 37.6 Å². The summed E-state index contributed by atoms with van der Waals surface area (Å²) in [6.07, 6.45) is 7.67. The van der Waals surface area contributed by atoms with Crippen molar-refractivity contribution in [3.05, 3.63) is 77.9 Å². The molecule has 3 aliphatic rings. The van der Waals surface area contributed by atoms with Crippen LogP contribution in [0.1, 0.15) is 37.1 Å². The van der Waals surface area contributed by atoms with Gasteiger partial charge in [0.05, 0.1) is 17.4 Å². The lowest BCUT2D eigenvalue weighted by molar-refractivity contribution is 0.398. The van der Waals surface area contributed by atoms with Crippen molar-refractivity contribution < 1.29 is 4.39 Å². The molecule has 3 aliphatic heterocycles. The Bertz CT molecular complexity index is 1110. The van der Waals surface area contributed by atoms with E-state index in [0.717, 1.165) is 68.3 Å². The van der Waals surface area contributed by atoms with Gasteiger partial charge in [0.2, 0.25) is 0 Å². The van der Waals surface area contributed by atoms with Crippen molar-refractivity contribution in [1.29, 1.82) is 5.41 Å². The fraction of sp³-hybridized carbons (Fsp3) is 0.385. The molecule has 0 radical (unpaired) electrons. The van der Waals surface area contributed by atoms with Gasteiger partial charge in [-0.05, 0) is 61.7 Å². The van der Waals surface area contributed by atoms with Gasteiger partial charge < -0.3 is 25.8 Å². The lowest BCUT2D eigenvalue weighted by atomic mass is 10.0. The quantitative estimate of drug-likeness (QED) is 0.405. The number of rotatable bonds is 5. The van der Waals surface area contributed by atoms with Crippen LogP contribution in [-0.4, -0.2) is 54.1 Å². The summed E-state index contributed by atoms with van der Waals surface area (Å²) in [4.78, 5) is 9.23. The summed E-state index contributed by atoms with van der Waals surface area (Å²) in [7, 11) is 0. The zero-order chi connectivity index (χ0) is 23.5. The molecule has 2 atom stereocenters. The third-order valence-electron chi connectivity index (χ3n) is 6.73. The van der Waals surface area contributed by atoms with E-state index in [1.807, 2.05) is 43.5 Å². The van der Waals surface area contributed by atoms with Crippen LogP contribution in [0.4, 0.5) is 10.2 Å². The molecule has 1 aromatic carbocycles. The van der Waals surface area contributed by atoms with Crippen molar-refractivity contribution in [2.24, 2.45) is 0 Å². The van der Waals surface area contributed by atoms with E-state index in [9.17, 15) is 4.39 Å². The molecule has 0 saturated carbocycles. The standard InChI is InChI=1S/C26H32FN7/c1-26(11-10-24(28)34-14-4-8-23(34)19-5-2-6-20(27)17-19)30-18-22(32-26)21-7-3-9-25(31-21)33-15-12-29-13-16-33/h2-3,5-7,9-11,17-18,23,28-30,32H,4,8,12-16H2,1H3/b11-10-,28-24?. The summed E-state index contributed by atoms with van der Waals surface area (Å²) < 4.78 is 13.7. The van der Waals surface area contributed by atoms with Gasteiger partial charge in [-0.3, -0.25) is 5.41 Å². The van der Waals surface area contributed by atoms with Gasteiger partial charge in [0.1, 0.15) is 23.1 Å². The molecule has 0 bridgehead atoms. The van der Waals surface area contributed by atoms with Crippen LogP contribution < -0.4 is 20.9 Å². The zero-order valence-corrected chi connectivity index (χ0v) is 19.5. The van der Waals surface area contributed by atoms with Crippen LogP contribution in [0.25, 0.3) is 5.70 Å². The largest absolute Gasteiger partial charge is 0.364 e. The zero-order valence-electron chi connectivity index (χ0n) is 19.5. The van der Waals surface area contributed by atoms with E-state index in [0.29, 0.717) is 5.84 Å². The highest BCUT2D eigenvalue weighted by Crippen LogP contribution is 2.32. The van der Waals surface area contributed by atoms with E-state index in [1.165, 1.54) is 6.07 Å². The Morgan fingerprint density at radius 2 is 2.00 bits per heavy atom. The summed E-state index contributed by atoms with van der Waals surface area (Å²) in [5, 5.41) is 19.0. The minimum absolute atomic E-state index is 0.0377. The van der Waals surface area contributed by atoms with Crippen LogP contribution in [0.15, 0.2) is 60.8 Å². The van der Waals surface area contributed by atoms with Gasteiger partial charge >= 0.3 is 0 Å². The molecule has 5 rings (SSSR count). The number of halogens is 1. The Morgan fingerprint density at radius 3 is 2.82 bits per heavy atom. The van der Waals surface area contributed by atoms with Gasteiger partial charge in [0.25, 0.3) is 0 Å². The number of anilines is 1. The number of hydrogen-bond acceptors (Lipinski definition) is 6. The summed E-state index contributed by atoms with van der Waals surface area (Å²) in [6, 6.07) is 12.9. The van der Waals surface area contributed by atoms with Gasteiger partial charge in [-0.1, -0.05) is 18.2 Å². The van der Waals surface area contributed by atoms with Crippen molar-refractivity contribution in [2.45, 2.75) is 31.5 Å². The highest BCUT2D eigenvalue weighted by atomic mass is 19.1. The highest BCUT2D eigenvalue weighted by Gasteiger charge is 2.30. The Hall–Kier alpha value is -3.39. The van der Waals surface area contributed by atoms with E-state index in [2.05, 4.69) is 31.8 Å². The number of nitrogens with one attached hydrogen (secondary N) is 4. The molecule has 0 spiro atoms. The maximum Gasteiger partial charge on any atom is 0.129 e. The Labute approximate surface area is 200 Å². The van der Waals surface area contributed by atoms with E-state index in [-0.39, 0.29) is 11.9 Å². The molecule has 2 fully saturated rings. The van der Waals surface area contributed by atoms with Gasteiger partial charge in [0, 0.05) is 38.9 Å². The Kier molecular flexibility index (Phi) is 6.24. The van der Waals surface area contributed by atoms with Crippen LogP contribution in [0.2, 0.25) is 0 Å². The molecule has 178 valence electrons. The predicted molar refractivity (Wildman–Crippen MR) is 134 cm³/mol. The number of aromatic nitrogens is 1. The first-order valence-corrected chi connectivity index (χ1v) is 12.0. The van der Waals surface area contributed by atoms with E-state index in [4.69, 9.17) is 10.4 Å². The third-order valence-corrected chi connectivity index (χ3v) is 6.73. The molecule has 4 heterocycles. The number of nitrogens with zero attached hydrogens (tertiary/aromatic N) is 3. The second-order valence-electron chi connectivity index (χ2n) is 9.27. The predicted octanol–water partition coefficient (Wildman–Crippen LogP) is 3.21. The second-order valence-corrected chi connectivity index (χ2v) is 9.27. The van der Waals surface area contributed by atoms with Crippen LogP contribution >= 0.6 is 0 Å². The van der Waals surface area contributed by atoms with Gasteiger partial charge in [-0.2, -0.15) is 0 Å². The molecule has 2 saturated heterocycles. The molecular weight excluding hydrogens is 429 g/mol. The lowest BCUT2D eigenvalue weighted by Crippen LogP contribution is -2.45. The molecule has 7 nitrogen and oxygen atoms in total. The van der Waals surface area contributed by atoms with E-state index >= 15 is 0 Å². The lowest BCUT2D eigenvalue weighted by Gasteiger charge is -2.29. The van der Waals surface area contributed by atoms with Gasteiger partial charge in [-0.25, -0.2) is 9.37 Å². The average molecular weight is 462 g/mol. The van der Waals surface area contributed by atoms with Crippen LogP contribution in [-0.2, 0) is 0 Å². The second kappa shape index (κ2) is 9.46. The van der Waals surface area contributed by atoms with E-state index in [1.54, 1.807) is 12.1 Å². The minimum atomic E-state index is -0.525. The number of piperazine rings is 1. The fourth-order valence-corrected chi connectivity index (χ4v) is 4.90. The topological polar surface area (TPSA) is 79.3 Å². The highest BCUT2D eigenvalue weighted by molar-refractivity contribution is 5.91. The summed E-state index contributed by atoms with van der Waals surface area (Å²) in [5.74, 6) is 1.19. The van der Waals surface area contributed by atoms with Crippen LogP contribution in [0.5, 0.6) is 0 Å². The molecule has 2 unspecified atom stereocenters. The monoisotopic (exact) mass is 461 g/mol. The maximum atomic E-state index is 13.7. The number of hydrogen-bond donors (Lipinski definition) is 4. The van der Waals surface area contributed by atoms with Crippen molar-refractivity contribution in [3.8, 4) is 0 Å². The number of amidine groups is 1. The first-order chi connectivity index (χ1) is 16.5. The van der Waals surface area contributed by atoms with Crippen molar-refractivity contribution in [1.82, 2.24) is 25.8 Å². The van der Waals surface area contributed by atoms with Gasteiger partial charge in [-0.15, -0.1) is 0 Å². The molecular formula is C26H32FN7. The molecule has 4 N–H and O–H groups in total. The molecule has 2 aromatic rings. The molecule has 8 heteroatoms. The average Bonchev–Trinajstić information content (AvgIpc) is 3.51. The fourth-order valence-electron chi connectivity index (χ4n) is 4.90. The van der Waals surface area contributed by atoms with E-state index < -0.39 is 5.66 Å². The normalized spacial score (nSPS) is 24.8. The maximum absolute atomic E-state index is 13.7. The van der Waals surface area contributed by atoms with Crippen molar-refractivity contribution >= 4 is 17.4 Å². The molecule has 34 heavy (non-hydrogen) atoms. The summed E-state index contributed by atoms with van der Waals surface area (Å²) >= 11 is 0. The third kappa shape index (κ3) is 4.77. The Morgan fingerprint density at radius 1 is 1.18 bits per heavy atom. The SMILES string of the molecule is CC1(/C=C\C(=N)N2CCCC2c2cccc(F)c2)NC=C(c2cccc(N3CCNCC3)n2)N1. The first kappa shape index (κ1) is 22.4. The summed E-state index contributed by atoms with van der Waals surface area (Å²) in [6.45, 7) is 6.69. The minimum Gasteiger partial charge on any atom is -0.364 e. The van der Waals surface area contributed by atoms with Crippen molar-refractivity contribution in [3.63, 3.8) is 0 Å².